The Balaban J connectivity index is 2.08. The number of aromatic nitrogens is 1. The lowest BCUT2D eigenvalue weighted by Crippen LogP contribution is -2.40. The summed E-state index contributed by atoms with van der Waals surface area (Å²) in [6.45, 7) is 12.4. The Morgan fingerprint density at radius 2 is 1.80 bits per heavy atom. The molecule has 0 atom stereocenters. The molecule has 2 heterocycles. The fraction of sp³-hybridized carbons (Fsp3) is 0.737. The molecule has 1 aliphatic rings. The Hall–Kier alpha value is -1.53. The van der Waals surface area contributed by atoms with Gasteiger partial charge in [-0.25, -0.2) is 4.98 Å². The van der Waals surface area contributed by atoms with Crippen LogP contribution in [0.5, 0.6) is 0 Å². The maximum atomic E-state index is 5.43. The Kier molecular flexibility index (Phi) is 8.28. The van der Waals surface area contributed by atoms with Crippen molar-refractivity contribution in [3.63, 3.8) is 0 Å². The molecular weight excluding hydrogens is 314 g/mol. The van der Waals surface area contributed by atoms with Gasteiger partial charge < -0.3 is 19.9 Å². The number of rotatable bonds is 10. The summed E-state index contributed by atoms with van der Waals surface area (Å²) in [4.78, 5) is 11.9. The number of hydrogen-bond acceptors (Lipinski definition) is 6. The molecule has 1 fully saturated rings. The van der Waals surface area contributed by atoms with Crippen molar-refractivity contribution in [2.45, 2.75) is 26.7 Å². The number of nitrogens with zero attached hydrogens (tertiary/aromatic N) is 4. The van der Waals surface area contributed by atoms with Crippen molar-refractivity contribution < 1.29 is 4.74 Å². The van der Waals surface area contributed by atoms with Gasteiger partial charge in [0.25, 0.3) is 0 Å². The zero-order chi connectivity index (χ0) is 18.1. The van der Waals surface area contributed by atoms with E-state index in [4.69, 9.17) is 9.72 Å². The first-order chi connectivity index (χ1) is 12.2. The molecule has 0 unspecified atom stereocenters. The van der Waals surface area contributed by atoms with Crippen LogP contribution in [0.2, 0.25) is 0 Å². The Labute approximate surface area is 153 Å². The molecule has 1 aliphatic heterocycles. The first kappa shape index (κ1) is 19.8. The summed E-state index contributed by atoms with van der Waals surface area (Å²) in [6, 6.07) is 4.39. The van der Waals surface area contributed by atoms with E-state index in [2.05, 4.69) is 53.0 Å². The van der Waals surface area contributed by atoms with Gasteiger partial charge in [-0.05, 0) is 12.8 Å². The molecule has 2 rings (SSSR count). The maximum Gasteiger partial charge on any atom is 0.132 e. The zero-order valence-corrected chi connectivity index (χ0v) is 16.4. The second-order valence-electron chi connectivity index (χ2n) is 6.68. The van der Waals surface area contributed by atoms with Crippen molar-refractivity contribution in [1.82, 2.24) is 9.88 Å². The van der Waals surface area contributed by atoms with Crippen LogP contribution < -0.4 is 15.1 Å². The molecule has 25 heavy (non-hydrogen) atoms. The fourth-order valence-corrected chi connectivity index (χ4v) is 3.15. The minimum atomic E-state index is 0.852. The summed E-state index contributed by atoms with van der Waals surface area (Å²) >= 11 is 0. The van der Waals surface area contributed by atoms with Gasteiger partial charge in [0.1, 0.15) is 11.6 Å². The van der Waals surface area contributed by atoms with E-state index in [1.54, 1.807) is 0 Å². The molecule has 6 nitrogen and oxygen atoms in total. The third kappa shape index (κ3) is 6.04. The Morgan fingerprint density at radius 3 is 2.40 bits per heavy atom. The molecule has 0 spiro atoms. The molecular formula is C19H35N5O. The maximum absolute atomic E-state index is 5.43. The van der Waals surface area contributed by atoms with Gasteiger partial charge in [-0.1, -0.05) is 13.8 Å². The van der Waals surface area contributed by atoms with Crippen LogP contribution in [0.15, 0.2) is 12.1 Å². The van der Waals surface area contributed by atoms with E-state index in [0.717, 1.165) is 77.0 Å². The lowest BCUT2D eigenvalue weighted by Gasteiger charge is -2.30. The van der Waals surface area contributed by atoms with E-state index in [1.165, 1.54) is 5.69 Å². The second kappa shape index (κ2) is 10.5. The number of anilines is 3. The van der Waals surface area contributed by atoms with E-state index in [-0.39, 0.29) is 0 Å². The molecule has 0 radical (unpaired) electrons. The van der Waals surface area contributed by atoms with Crippen molar-refractivity contribution in [2.75, 3.05) is 81.7 Å². The molecule has 0 saturated carbocycles. The van der Waals surface area contributed by atoms with Crippen LogP contribution in [0.1, 0.15) is 26.7 Å². The lowest BCUT2D eigenvalue weighted by atomic mass is 10.2. The van der Waals surface area contributed by atoms with E-state index in [0.29, 0.717) is 0 Å². The van der Waals surface area contributed by atoms with E-state index in [9.17, 15) is 0 Å². The molecule has 1 N–H and O–H groups in total. The van der Waals surface area contributed by atoms with Crippen molar-refractivity contribution in [3.05, 3.63) is 12.1 Å². The fourth-order valence-electron chi connectivity index (χ4n) is 3.15. The molecule has 0 aliphatic carbocycles. The average Bonchev–Trinajstić information content (AvgIpc) is 2.66. The van der Waals surface area contributed by atoms with E-state index < -0.39 is 0 Å². The first-order valence-electron chi connectivity index (χ1n) is 9.64. The van der Waals surface area contributed by atoms with Crippen LogP contribution in [0.3, 0.4) is 0 Å². The highest BCUT2D eigenvalue weighted by Gasteiger charge is 2.14. The topological polar surface area (TPSA) is 43.9 Å². The summed E-state index contributed by atoms with van der Waals surface area (Å²) in [5, 5.41) is 3.22. The Bertz CT molecular complexity index is 499. The quantitative estimate of drug-likeness (QED) is 0.700. The predicted molar refractivity (Wildman–Crippen MR) is 107 cm³/mol. The SMILES string of the molecule is CCCN(CCC)c1cc(NC)nc(N(C)CCN2CCOCC2)c1. The molecule has 1 aromatic rings. The smallest absolute Gasteiger partial charge is 0.132 e. The third-order valence-corrected chi connectivity index (χ3v) is 4.65. The van der Waals surface area contributed by atoms with E-state index >= 15 is 0 Å². The largest absolute Gasteiger partial charge is 0.379 e. The summed E-state index contributed by atoms with van der Waals surface area (Å²) in [6.07, 6.45) is 2.30. The molecule has 142 valence electrons. The zero-order valence-electron chi connectivity index (χ0n) is 16.4. The normalized spacial score (nSPS) is 15.2. The summed E-state index contributed by atoms with van der Waals surface area (Å²) < 4.78 is 5.43. The number of morpholine rings is 1. The highest BCUT2D eigenvalue weighted by molar-refractivity contribution is 5.62. The molecule has 0 aromatic carbocycles. The average molecular weight is 350 g/mol. The standard InChI is InChI=1S/C19H35N5O/c1-5-7-24(8-6-2)17-15-18(20-3)21-19(16-17)22(4)9-10-23-11-13-25-14-12-23/h15-16H,5-14H2,1-4H3,(H,20,21). The van der Waals surface area contributed by atoms with Crippen LogP contribution in [0.4, 0.5) is 17.3 Å². The van der Waals surface area contributed by atoms with Crippen molar-refractivity contribution in [1.29, 1.82) is 0 Å². The highest BCUT2D eigenvalue weighted by atomic mass is 16.5. The lowest BCUT2D eigenvalue weighted by molar-refractivity contribution is 0.0393. The summed E-state index contributed by atoms with van der Waals surface area (Å²) in [5.41, 5.74) is 1.26. The number of pyridine rings is 1. The number of hydrogen-bond donors (Lipinski definition) is 1. The van der Waals surface area contributed by atoms with Crippen molar-refractivity contribution in [3.8, 4) is 0 Å². The molecule has 1 aromatic heterocycles. The molecule has 0 amide bonds. The second-order valence-corrected chi connectivity index (χ2v) is 6.68. The minimum Gasteiger partial charge on any atom is -0.379 e. The van der Waals surface area contributed by atoms with E-state index in [1.807, 2.05) is 7.05 Å². The molecule has 6 heteroatoms. The van der Waals surface area contributed by atoms with Crippen LogP contribution in [0, 0.1) is 0 Å². The van der Waals surface area contributed by atoms with Gasteiger partial charge >= 0.3 is 0 Å². The number of ether oxygens (including phenoxy) is 1. The van der Waals surface area contributed by atoms with Gasteiger partial charge in [0, 0.05) is 71.2 Å². The highest BCUT2D eigenvalue weighted by Crippen LogP contribution is 2.24. The molecule has 0 bridgehead atoms. The van der Waals surface area contributed by atoms with Crippen molar-refractivity contribution in [2.24, 2.45) is 0 Å². The minimum absolute atomic E-state index is 0.852. The van der Waals surface area contributed by atoms with Crippen LogP contribution in [-0.2, 0) is 4.74 Å². The number of likely N-dealkylation sites (N-methyl/N-ethyl adjacent to an activating group) is 1. The van der Waals surface area contributed by atoms with Gasteiger partial charge in [-0.3, -0.25) is 4.90 Å². The summed E-state index contributed by atoms with van der Waals surface area (Å²) in [5.74, 6) is 1.97. The van der Waals surface area contributed by atoms with Gasteiger partial charge in [-0.15, -0.1) is 0 Å². The van der Waals surface area contributed by atoms with Crippen LogP contribution in [0.25, 0.3) is 0 Å². The first-order valence-corrected chi connectivity index (χ1v) is 9.64. The van der Waals surface area contributed by atoms with Gasteiger partial charge in [0.15, 0.2) is 0 Å². The monoisotopic (exact) mass is 349 g/mol. The molecule has 1 saturated heterocycles. The van der Waals surface area contributed by atoms with Gasteiger partial charge in [0.2, 0.25) is 0 Å². The number of nitrogens with one attached hydrogen (secondary N) is 1. The van der Waals surface area contributed by atoms with Crippen LogP contribution in [-0.4, -0.2) is 76.5 Å². The third-order valence-electron chi connectivity index (χ3n) is 4.65. The van der Waals surface area contributed by atoms with Gasteiger partial charge in [-0.2, -0.15) is 0 Å². The van der Waals surface area contributed by atoms with Gasteiger partial charge in [0.05, 0.1) is 13.2 Å². The summed E-state index contributed by atoms with van der Waals surface area (Å²) in [7, 11) is 4.07. The van der Waals surface area contributed by atoms with Crippen LogP contribution >= 0.6 is 0 Å². The Morgan fingerprint density at radius 1 is 1.12 bits per heavy atom. The predicted octanol–water partition coefficient (Wildman–Crippen LogP) is 2.52. The van der Waals surface area contributed by atoms with Crippen molar-refractivity contribution >= 4 is 17.3 Å².